The molecule has 160 valence electrons. The number of likely N-dealkylation sites (tertiary alicyclic amines) is 1. The van der Waals surface area contributed by atoms with Crippen LogP contribution in [0.5, 0.6) is 0 Å². The van der Waals surface area contributed by atoms with Crippen molar-refractivity contribution in [3.8, 4) is 0 Å². The smallest absolute Gasteiger partial charge is 0.229 e. The first-order chi connectivity index (χ1) is 14.1. The van der Waals surface area contributed by atoms with Crippen LogP contribution in [0.15, 0.2) is 35.3 Å². The number of carbonyl (C=O) groups excluding carboxylic acids is 2. The van der Waals surface area contributed by atoms with Gasteiger partial charge >= 0.3 is 0 Å². The van der Waals surface area contributed by atoms with Gasteiger partial charge in [-0.1, -0.05) is 44.2 Å². The van der Waals surface area contributed by atoms with Gasteiger partial charge in [0.2, 0.25) is 11.8 Å². The zero-order chi connectivity index (χ0) is 21.1. The van der Waals surface area contributed by atoms with E-state index in [9.17, 15) is 9.59 Å². The standard InChI is InChI=1S/C22H35N5O2/c1-4-23-22(24-15-16-27-20(28)13-10-14-21(27)29)25-17-19(26(5-2)6-3)18-11-8-7-9-12-18/h7-9,11-12,19H,4-6,10,13-17H2,1-3H3,(H2,23,24,25). The first-order valence-corrected chi connectivity index (χ1v) is 10.7. The third-order valence-electron chi connectivity index (χ3n) is 5.22. The Hall–Kier alpha value is -2.41. The molecule has 0 aliphatic carbocycles. The Morgan fingerprint density at radius 3 is 2.31 bits per heavy atom. The van der Waals surface area contributed by atoms with Gasteiger partial charge in [-0.15, -0.1) is 0 Å². The van der Waals surface area contributed by atoms with Crippen LogP contribution in [0.3, 0.4) is 0 Å². The summed E-state index contributed by atoms with van der Waals surface area (Å²) in [7, 11) is 0. The maximum Gasteiger partial charge on any atom is 0.229 e. The molecule has 1 atom stereocenters. The number of benzene rings is 1. The minimum atomic E-state index is -0.0735. The zero-order valence-electron chi connectivity index (χ0n) is 18.0. The Balaban J connectivity index is 2.01. The lowest BCUT2D eigenvalue weighted by molar-refractivity contribution is -0.147. The summed E-state index contributed by atoms with van der Waals surface area (Å²) in [4.78, 5) is 32.4. The van der Waals surface area contributed by atoms with Crippen molar-refractivity contribution in [3.05, 3.63) is 35.9 Å². The highest BCUT2D eigenvalue weighted by molar-refractivity contribution is 5.97. The predicted octanol–water partition coefficient (Wildman–Crippen LogP) is 2.16. The van der Waals surface area contributed by atoms with Crippen LogP contribution in [0.4, 0.5) is 0 Å². The van der Waals surface area contributed by atoms with E-state index in [4.69, 9.17) is 4.99 Å². The maximum absolute atomic E-state index is 11.9. The van der Waals surface area contributed by atoms with Gasteiger partial charge < -0.3 is 10.6 Å². The second-order valence-corrected chi connectivity index (χ2v) is 7.09. The molecule has 2 rings (SSSR count). The van der Waals surface area contributed by atoms with Crippen molar-refractivity contribution in [1.82, 2.24) is 20.4 Å². The molecular weight excluding hydrogens is 366 g/mol. The second kappa shape index (κ2) is 12.2. The third-order valence-corrected chi connectivity index (χ3v) is 5.22. The van der Waals surface area contributed by atoms with E-state index in [2.05, 4.69) is 53.6 Å². The number of hydrogen-bond donors (Lipinski definition) is 2. The molecule has 1 aromatic rings. The normalized spacial score (nSPS) is 16.3. The SMILES string of the molecule is CCNC(=NCC(c1ccccc1)N(CC)CC)NCCN1C(=O)CCCC1=O. The number of carbonyl (C=O) groups is 2. The van der Waals surface area contributed by atoms with Crippen molar-refractivity contribution in [1.29, 1.82) is 0 Å². The number of piperidine rings is 1. The highest BCUT2D eigenvalue weighted by atomic mass is 16.2. The number of nitrogens with zero attached hydrogens (tertiary/aromatic N) is 3. The second-order valence-electron chi connectivity index (χ2n) is 7.09. The lowest BCUT2D eigenvalue weighted by Crippen LogP contribution is -2.46. The molecule has 1 saturated heterocycles. The highest BCUT2D eigenvalue weighted by Gasteiger charge is 2.25. The topological polar surface area (TPSA) is 77.0 Å². The van der Waals surface area contributed by atoms with Gasteiger partial charge in [0, 0.05) is 32.5 Å². The van der Waals surface area contributed by atoms with E-state index >= 15 is 0 Å². The molecule has 29 heavy (non-hydrogen) atoms. The molecule has 7 nitrogen and oxygen atoms in total. The van der Waals surface area contributed by atoms with E-state index in [-0.39, 0.29) is 17.9 Å². The molecule has 0 bridgehead atoms. The number of amides is 2. The minimum absolute atomic E-state index is 0.0735. The summed E-state index contributed by atoms with van der Waals surface area (Å²) in [6.07, 6.45) is 1.59. The third kappa shape index (κ3) is 6.85. The van der Waals surface area contributed by atoms with Crippen molar-refractivity contribution >= 4 is 17.8 Å². The highest BCUT2D eigenvalue weighted by Crippen LogP contribution is 2.20. The van der Waals surface area contributed by atoms with Crippen LogP contribution in [0.2, 0.25) is 0 Å². The summed E-state index contributed by atoms with van der Waals surface area (Å²) in [5, 5.41) is 6.52. The Labute approximate surface area is 174 Å². The molecule has 1 aromatic carbocycles. The molecule has 0 aromatic heterocycles. The van der Waals surface area contributed by atoms with Gasteiger partial charge in [0.25, 0.3) is 0 Å². The molecule has 1 aliphatic rings. The number of aliphatic imine (C=N–C) groups is 1. The molecule has 1 fully saturated rings. The van der Waals surface area contributed by atoms with Crippen LogP contribution < -0.4 is 10.6 Å². The average Bonchev–Trinajstić information content (AvgIpc) is 2.73. The number of likely N-dealkylation sites (N-methyl/N-ethyl adjacent to an activating group) is 1. The number of nitrogens with one attached hydrogen (secondary N) is 2. The van der Waals surface area contributed by atoms with Gasteiger partial charge in [0.15, 0.2) is 5.96 Å². The Morgan fingerprint density at radius 2 is 1.72 bits per heavy atom. The monoisotopic (exact) mass is 401 g/mol. The van der Waals surface area contributed by atoms with Gasteiger partial charge in [-0.25, -0.2) is 0 Å². The number of guanidine groups is 1. The molecule has 7 heteroatoms. The fourth-order valence-corrected chi connectivity index (χ4v) is 3.63. The number of imide groups is 1. The van der Waals surface area contributed by atoms with Crippen molar-refractivity contribution in [2.24, 2.45) is 4.99 Å². The predicted molar refractivity (Wildman–Crippen MR) is 117 cm³/mol. The van der Waals surface area contributed by atoms with Gasteiger partial charge in [-0.2, -0.15) is 0 Å². The zero-order valence-corrected chi connectivity index (χ0v) is 18.0. The molecule has 1 heterocycles. The first-order valence-electron chi connectivity index (χ1n) is 10.7. The van der Waals surface area contributed by atoms with Crippen molar-refractivity contribution in [2.75, 3.05) is 39.3 Å². The van der Waals surface area contributed by atoms with Gasteiger partial charge in [0.05, 0.1) is 12.6 Å². The van der Waals surface area contributed by atoms with Gasteiger partial charge in [-0.05, 0) is 32.0 Å². The Morgan fingerprint density at radius 1 is 1.07 bits per heavy atom. The molecule has 0 radical (unpaired) electrons. The Bertz CT molecular complexity index is 657. The van der Waals surface area contributed by atoms with Gasteiger partial charge in [0.1, 0.15) is 0 Å². The molecule has 0 spiro atoms. The van der Waals surface area contributed by atoms with E-state index in [1.54, 1.807) is 0 Å². The van der Waals surface area contributed by atoms with Crippen molar-refractivity contribution in [2.45, 2.75) is 46.1 Å². The first kappa shape index (κ1) is 22.9. The van der Waals surface area contributed by atoms with Crippen LogP contribution >= 0.6 is 0 Å². The van der Waals surface area contributed by atoms with Crippen LogP contribution in [-0.4, -0.2) is 66.8 Å². The van der Waals surface area contributed by atoms with Crippen LogP contribution in [-0.2, 0) is 9.59 Å². The lowest BCUT2D eigenvalue weighted by Gasteiger charge is -2.29. The number of hydrogen-bond acceptors (Lipinski definition) is 4. The van der Waals surface area contributed by atoms with Crippen LogP contribution in [0.25, 0.3) is 0 Å². The number of rotatable bonds is 10. The molecule has 2 amide bonds. The summed E-state index contributed by atoms with van der Waals surface area (Å²) >= 11 is 0. The summed E-state index contributed by atoms with van der Waals surface area (Å²) in [6, 6.07) is 10.6. The summed E-state index contributed by atoms with van der Waals surface area (Å²) in [6.45, 7) is 10.5. The van der Waals surface area contributed by atoms with E-state index in [0.29, 0.717) is 44.9 Å². The van der Waals surface area contributed by atoms with Gasteiger partial charge in [-0.3, -0.25) is 24.4 Å². The van der Waals surface area contributed by atoms with Crippen LogP contribution in [0.1, 0.15) is 51.6 Å². The average molecular weight is 402 g/mol. The fourth-order valence-electron chi connectivity index (χ4n) is 3.63. The molecule has 0 saturated carbocycles. The summed E-state index contributed by atoms with van der Waals surface area (Å²) < 4.78 is 0. The maximum atomic E-state index is 11.9. The van der Waals surface area contributed by atoms with Crippen molar-refractivity contribution < 1.29 is 9.59 Å². The minimum Gasteiger partial charge on any atom is -0.357 e. The Kier molecular flexibility index (Phi) is 9.64. The largest absolute Gasteiger partial charge is 0.357 e. The molecule has 2 N–H and O–H groups in total. The van der Waals surface area contributed by atoms with E-state index < -0.39 is 0 Å². The van der Waals surface area contributed by atoms with Crippen LogP contribution in [0, 0.1) is 0 Å². The van der Waals surface area contributed by atoms with E-state index in [1.807, 2.05) is 13.0 Å². The summed E-state index contributed by atoms with van der Waals surface area (Å²) in [5.41, 5.74) is 1.25. The molecule has 1 unspecified atom stereocenters. The van der Waals surface area contributed by atoms with E-state index in [0.717, 1.165) is 19.6 Å². The fraction of sp³-hybridized carbons (Fsp3) is 0.591. The summed E-state index contributed by atoms with van der Waals surface area (Å²) in [5.74, 6) is 0.559. The lowest BCUT2D eigenvalue weighted by atomic mass is 10.1. The molecular formula is C22H35N5O2. The van der Waals surface area contributed by atoms with E-state index in [1.165, 1.54) is 10.5 Å². The van der Waals surface area contributed by atoms with Crippen molar-refractivity contribution in [3.63, 3.8) is 0 Å². The quantitative estimate of drug-likeness (QED) is 0.357. The molecule has 1 aliphatic heterocycles.